The third-order valence-corrected chi connectivity index (χ3v) is 6.64. The van der Waals surface area contributed by atoms with E-state index < -0.39 is 0 Å². The second kappa shape index (κ2) is 7.91. The summed E-state index contributed by atoms with van der Waals surface area (Å²) in [5.41, 5.74) is 6.34. The van der Waals surface area contributed by atoms with Gasteiger partial charge in [0.1, 0.15) is 11.0 Å². The van der Waals surface area contributed by atoms with Gasteiger partial charge in [0.25, 0.3) is 5.56 Å². The van der Waals surface area contributed by atoms with E-state index >= 15 is 0 Å². The van der Waals surface area contributed by atoms with E-state index in [1.807, 2.05) is 36.4 Å². The van der Waals surface area contributed by atoms with Gasteiger partial charge in [0.15, 0.2) is 5.16 Å². The van der Waals surface area contributed by atoms with Crippen LogP contribution in [-0.2, 0) is 5.75 Å². The molecular formula is C25H20ClN3OS. The van der Waals surface area contributed by atoms with Gasteiger partial charge in [-0.15, -0.1) is 0 Å². The van der Waals surface area contributed by atoms with Gasteiger partial charge >= 0.3 is 0 Å². The fourth-order valence-electron chi connectivity index (χ4n) is 3.78. The summed E-state index contributed by atoms with van der Waals surface area (Å²) in [7, 11) is 0. The van der Waals surface area contributed by atoms with Crippen LogP contribution in [-0.4, -0.2) is 14.5 Å². The molecule has 0 spiro atoms. The van der Waals surface area contributed by atoms with E-state index in [-0.39, 0.29) is 5.56 Å². The Morgan fingerprint density at radius 2 is 1.87 bits per heavy atom. The van der Waals surface area contributed by atoms with E-state index in [0.29, 0.717) is 32.7 Å². The summed E-state index contributed by atoms with van der Waals surface area (Å²) in [4.78, 5) is 21.8. The number of hydrogen-bond acceptors (Lipinski definition) is 3. The van der Waals surface area contributed by atoms with Crippen molar-refractivity contribution in [1.29, 1.82) is 0 Å². The molecule has 0 unspecified atom stereocenters. The maximum atomic E-state index is 13.6. The Labute approximate surface area is 188 Å². The highest BCUT2D eigenvalue weighted by molar-refractivity contribution is 7.98. The van der Waals surface area contributed by atoms with Crippen LogP contribution in [0.15, 0.2) is 76.7 Å². The summed E-state index contributed by atoms with van der Waals surface area (Å²) in [5.74, 6) is 0.717. The minimum Gasteiger partial charge on any atom is -0.349 e. The lowest BCUT2D eigenvalue weighted by atomic mass is 10.1. The average molecular weight is 446 g/mol. The molecule has 3 aromatic carbocycles. The number of hydrogen-bond donors (Lipinski definition) is 1. The Morgan fingerprint density at radius 3 is 2.71 bits per heavy atom. The van der Waals surface area contributed by atoms with Gasteiger partial charge in [0.2, 0.25) is 0 Å². The summed E-state index contributed by atoms with van der Waals surface area (Å²) < 4.78 is 1.65. The number of H-pyrrole nitrogens is 1. The summed E-state index contributed by atoms with van der Waals surface area (Å²) in [6, 6.07) is 21.6. The van der Waals surface area contributed by atoms with Crippen LogP contribution in [0.1, 0.15) is 16.7 Å². The molecule has 2 heterocycles. The average Bonchev–Trinajstić information content (AvgIpc) is 3.13. The molecule has 0 amide bonds. The fourth-order valence-corrected chi connectivity index (χ4v) is 5.03. The van der Waals surface area contributed by atoms with Crippen LogP contribution >= 0.6 is 23.4 Å². The van der Waals surface area contributed by atoms with Crippen LogP contribution in [0.3, 0.4) is 0 Å². The number of aryl methyl sites for hydroxylation is 2. The minimum atomic E-state index is -0.132. The Bertz CT molecular complexity index is 1500. The molecule has 4 nitrogen and oxygen atoms in total. The first kappa shape index (κ1) is 19.9. The Hall–Kier alpha value is -3.02. The lowest BCUT2D eigenvalue weighted by Crippen LogP contribution is -2.21. The van der Waals surface area contributed by atoms with E-state index in [4.69, 9.17) is 16.6 Å². The number of aromatic amines is 1. The smallest absolute Gasteiger partial charge is 0.283 e. The van der Waals surface area contributed by atoms with Crippen molar-refractivity contribution in [3.63, 3.8) is 0 Å². The lowest BCUT2D eigenvalue weighted by molar-refractivity contribution is 0.818. The second-order valence-electron chi connectivity index (χ2n) is 7.63. The number of rotatable bonds is 4. The van der Waals surface area contributed by atoms with Crippen molar-refractivity contribution in [2.45, 2.75) is 24.8 Å². The third-order valence-electron chi connectivity index (χ3n) is 5.42. The van der Waals surface area contributed by atoms with Crippen LogP contribution in [0.25, 0.3) is 27.6 Å². The predicted molar refractivity (Wildman–Crippen MR) is 130 cm³/mol. The maximum Gasteiger partial charge on any atom is 0.283 e. The molecule has 5 rings (SSSR count). The molecule has 0 radical (unpaired) electrons. The molecule has 5 aromatic rings. The van der Waals surface area contributed by atoms with Crippen molar-refractivity contribution < 1.29 is 0 Å². The summed E-state index contributed by atoms with van der Waals surface area (Å²) in [5, 5.41) is 2.17. The summed E-state index contributed by atoms with van der Waals surface area (Å²) in [6.07, 6.45) is 0. The SMILES string of the molecule is Cc1ccc(C)c(CSc2nc3c([nH]c4ccccc43)c(=O)n2-c2cccc(Cl)c2)c1. The van der Waals surface area contributed by atoms with Crippen molar-refractivity contribution in [3.05, 3.63) is 98.8 Å². The van der Waals surface area contributed by atoms with E-state index in [2.05, 4.69) is 37.0 Å². The molecule has 0 aliphatic rings. The van der Waals surface area contributed by atoms with Crippen molar-refractivity contribution in [3.8, 4) is 5.69 Å². The van der Waals surface area contributed by atoms with Crippen molar-refractivity contribution >= 4 is 45.3 Å². The first-order chi connectivity index (χ1) is 15.0. The second-order valence-corrected chi connectivity index (χ2v) is 9.01. The highest BCUT2D eigenvalue weighted by Gasteiger charge is 2.17. The van der Waals surface area contributed by atoms with Gasteiger partial charge in [-0.3, -0.25) is 9.36 Å². The zero-order valence-electron chi connectivity index (χ0n) is 17.1. The topological polar surface area (TPSA) is 50.7 Å². The largest absolute Gasteiger partial charge is 0.349 e. The number of benzene rings is 3. The Balaban J connectivity index is 1.72. The van der Waals surface area contributed by atoms with Gasteiger partial charge in [-0.05, 0) is 49.2 Å². The molecule has 154 valence electrons. The van der Waals surface area contributed by atoms with Gasteiger partial charge in [-0.1, -0.05) is 71.4 Å². The molecular weight excluding hydrogens is 426 g/mol. The van der Waals surface area contributed by atoms with Gasteiger partial charge in [-0.25, -0.2) is 4.98 Å². The molecule has 0 aliphatic heterocycles. The predicted octanol–water partition coefficient (Wildman–Crippen LogP) is 6.43. The first-order valence-electron chi connectivity index (χ1n) is 9.99. The Kier molecular flexibility index (Phi) is 5.08. The molecule has 1 N–H and O–H groups in total. The molecule has 6 heteroatoms. The maximum absolute atomic E-state index is 13.6. The molecule has 31 heavy (non-hydrogen) atoms. The lowest BCUT2D eigenvalue weighted by Gasteiger charge is -2.13. The van der Waals surface area contributed by atoms with E-state index in [9.17, 15) is 4.79 Å². The van der Waals surface area contributed by atoms with E-state index in [1.54, 1.807) is 28.5 Å². The molecule has 2 aromatic heterocycles. The van der Waals surface area contributed by atoms with Crippen LogP contribution in [0.4, 0.5) is 0 Å². The number of thioether (sulfide) groups is 1. The third kappa shape index (κ3) is 3.64. The van der Waals surface area contributed by atoms with Crippen molar-refractivity contribution in [2.24, 2.45) is 0 Å². The van der Waals surface area contributed by atoms with Gasteiger partial charge in [-0.2, -0.15) is 0 Å². The van der Waals surface area contributed by atoms with E-state index in [1.165, 1.54) is 16.7 Å². The number of halogens is 1. The Morgan fingerprint density at radius 1 is 1.03 bits per heavy atom. The van der Waals surface area contributed by atoms with Crippen LogP contribution in [0.5, 0.6) is 0 Å². The number of nitrogens with one attached hydrogen (secondary N) is 1. The summed E-state index contributed by atoms with van der Waals surface area (Å²) >= 11 is 7.80. The number of nitrogens with zero attached hydrogens (tertiary/aromatic N) is 2. The zero-order valence-corrected chi connectivity index (χ0v) is 18.7. The first-order valence-corrected chi connectivity index (χ1v) is 11.4. The number of para-hydroxylation sites is 1. The highest BCUT2D eigenvalue weighted by Crippen LogP contribution is 2.29. The molecule has 0 bridgehead atoms. The number of aromatic nitrogens is 3. The molecule has 0 aliphatic carbocycles. The summed E-state index contributed by atoms with van der Waals surface area (Å²) in [6.45, 7) is 4.20. The zero-order chi connectivity index (χ0) is 21.5. The number of fused-ring (bicyclic) bond motifs is 3. The monoisotopic (exact) mass is 445 g/mol. The normalized spacial score (nSPS) is 11.5. The van der Waals surface area contributed by atoms with Crippen molar-refractivity contribution in [2.75, 3.05) is 0 Å². The standard InChI is InChI=1S/C25H20ClN3OS/c1-15-10-11-16(2)17(12-15)14-31-25-28-22-20-8-3-4-9-21(20)27-23(22)24(30)29(25)19-7-5-6-18(26)13-19/h3-13,27H,14H2,1-2H3. The fraction of sp³-hybridized carbons (Fsp3) is 0.120. The van der Waals surface area contributed by atoms with Crippen LogP contribution in [0.2, 0.25) is 5.02 Å². The van der Waals surface area contributed by atoms with Crippen LogP contribution < -0.4 is 5.56 Å². The van der Waals surface area contributed by atoms with Gasteiger partial charge in [0.05, 0.1) is 5.69 Å². The minimum absolute atomic E-state index is 0.132. The van der Waals surface area contributed by atoms with E-state index in [0.717, 1.165) is 10.9 Å². The molecule has 0 saturated heterocycles. The van der Waals surface area contributed by atoms with Gasteiger partial charge < -0.3 is 4.98 Å². The molecule has 0 fully saturated rings. The molecule has 0 atom stereocenters. The molecule has 0 saturated carbocycles. The van der Waals surface area contributed by atoms with Crippen molar-refractivity contribution in [1.82, 2.24) is 14.5 Å². The highest BCUT2D eigenvalue weighted by atomic mass is 35.5. The van der Waals surface area contributed by atoms with Gasteiger partial charge in [0, 0.05) is 21.7 Å². The quantitative estimate of drug-likeness (QED) is 0.256. The van der Waals surface area contributed by atoms with Crippen LogP contribution in [0, 0.1) is 13.8 Å².